The Bertz CT molecular complexity index is 368. The monoisotopic (exact) mass is 218 g/mol. The summed E-state index contributed by atoms with van der Waals surface area (Å²) in [5.74, 6) is -0.379. The molecule has 2 nitrogen and oxygen atoms in total. The number of benzene rings is 1. The summed E-state index contributed by atoms with van der Waals surface area (Å²) in [6.45, 7) is 7.78. The van der Waals surface area contributed by atoms with Crippen LogP contribution in [0.5, 0.6) is 0 Å². The third-order valence-corrected chi connectivity index (χ3v) is 2.76. The zero-order valence-electron chi connectivity index (χ0n) is 10.1. The first-order valence-corrected chi connectivity index (χ1v) is 5.36. The van der Waals surface area contributed by atoms with E-state index in [-0.39, 0.29) is 17.8 Å². The minimum Gasteiger partial charge on any atom is -0.469 e. The quantitative estimate of drug-likeness (QED) is 0.573. The van der Waals surface area contributed by atoms with Crippen molar-refractivity contribution in [3.8, 4) is 0 Å². The molecular formula is C14H18O2. The fourth-order valence-electron chi connectivity index (χ4n) is 1.98. The van der Waals surface area contributed by atoms with Gasteiger partial charge in [-0.3, -0.25) is 4.79 Å². The first-order chi connectivity index (χ1) is 7.57. The summed E-state index contributed by atoms with van der Waals surface area (Å²) in [5.41, 5.74) is 2.08. The lowest BCUT2D eigenvalue weighted by atomic mass is 9.82. The van der Waals surface area contributed by atoms with Crippen LogP contribution in [0.15, 0.2) is 42.5 Å². The topological polar surface area (TPSA) is 26.3 Å². The van der Waals surface area contributed by atoms with Crippen molar-refractivity contribution in [3.63, 3.8) is 0 Å². The molecule has 0 aromatic heterocycles. The van der Waals surface area contributed by atoms with E-state index in [0.29, 0.717) is 0 Å². The van der Waals surface area contributed by atoms with E-state index in [9.17, 15) is 4.79 Å². The molecule has 0 saturated carbocycles. The lowest BCUT2D eigenvalue weighted by molar-refractivity contribution is -0.145. The van der Waals surface area contributed by atoms with Crippen molar-refractivity contribution in [3.05, 3.63) is 48.0 Å². The van der Waals surface area contributed by atoms with Crippen LogP contribution in [-0.4, -0.2) is 13.1 Å². The number of rotatable bonds is 4. The van der Waals surface area contributed by atoms with E-state index in [1.165, 1.54) is 7.11 Å². The molecule has 2 atom stereocenters. The summed E-state index contributed by atoms with van der Waals surface area (Å²) in [6.07, 6.45) is 0. The molecule has 0 aliphatic rings. The average Bonchev–Trinajstić information content (AvgIpc) is 2.29. The number of hydrogen-bond donors (Lipinski definition) is 0. The van der Waals surface area contributed by atoms with E-state index in [4.69, 9.17) is 4.74 Å². The van der Waals surface area contributed by atoms with Gasteiger partial charge in [-0.25, -0.2) is 0 Å². The highest BCUT2D eigenvalue weighted by molar-refractivity contribution is 5.73. The Morgan fingerprint density at radius 1 is 1.31 bits per heavy atom. The number of allylic oxidation sites excluding steroid dienone is 1. The molecule has 1 aromatic carbocycles. The van der Waals surface area contributed by atoms with Crippen molar-refractivity contribution in [2.45, 2.75) is 19.8 Å². The van der Waals surface area contributed by atoms with Gasteiger partial charge in [0.15, 0.2) is 0 Å². The van der Waals surface area contributed by atoms with Gasteiger partial charge in [-0.15, -0.1) is 0 Å². The molecule has 2 heteroatoms. The highest BCUT2D eigenvalue weighted by atomic mass is 16.5. The summed E-state index contributed by atoms with van der Waals surface area (Å²) in [4.78, 5) is 11.6. The lowest BCUT2D eigenvalue weighted by Crippen LogP contribution is -2.21. The SMILES string of the molecule is C=C(C)[C@H](c1ccccc1)[C@H](C)C(=O)OC. The molecule has 0 fully saturated rings. The van der Waals surface area contributed by atoms with Crippen molar-refractivity contribution < 1.29 is 9.53 Å². The van der Waals surface area contributed by atoms with Crippen molar-refractivity contribution >= 4 is 5.97 Å². The van der Waals surface area contributed by atoms with Gasteiger partial charge in [-0.2, -0.15) is 0 Å². The molecule has 0 spiro atoms. The van der Waals surface area contributed by atoms with Crippen molar-refractivity contribution in [1.82, 2.24) is 0 Å². The molecular weight excluding hydrogens is 200 g/mol. The molecule has 16 heavy (non-hydrogen) atoms. The summed E-state index contributed by atoms with van der Waals surface area (Å²) in [6, 6.07) is 9.92. The van der Waals surface area contributed by atoms with E-state index in [1.807, 2.05) is 44.2 Å². The molecule has 0 saturated heterocycles. The maximum Gasteiger partial charge on any atom is 0.309 e. The van der Waals surface area contributed by atoms with Crippen LogP contribution in [0.25, 0.3) is 0 Å². The van der Waals surface area contributed by atoms with E-state index >= 15 is 0 Å². The van der Waals surface area contributed by atoms with Crippen LogP contribution in [0, 0.1) is 5.92 Å². The highest BCUT2D eigenvalue weighted by Crippen LogP contribution is 2.31. The van der Waals surface area contributed by atoms with Crippen LogP contribution in [0.1, 0.15) is 25.3 Å². The highest BCUT2D eigenvalue weighted by Gasteiger charge is 2.26. The van der Waals surface area contributed by atoms with Gasteiger partial charge in [0.1, 0.15) is 0 Å². The molecule has 0 aliphatic heterocycles. The van der Waals surface area contributed by atoms with Gasteiger partial charge >= 0.3 is 5.97 Å². The normalized spacial score (nSPS) is 13.9. The van der Waals surface area contributed by atoms with Crippen LogP contribution < -0.4 is 0 Å². The third kappa shape index (κ3) is 2.72. The minimum absolute atomic E-state index is 0.0219. The molecule has 0 radical (unpaired) electrons. The summed E-state index contributed by atoms with van der Waals surface area (Å²) in [7, 11) is 1.42. The van der Waals surface area contributed by atoms with E-state index in [0.717, 1.165) is 11.1 Å². The fraction of sp³-hybridized carbons (Fsp3) is 0.357. The maximum atomic E-state index is 11.6. The molecule has 1 aromatic rings. The van der Waals surface area contributed by atoms with Crippen molar-refractivity contribution in [2.75, 3.05) is 7.11 Å². The first-order valence-electron chi connectivity index (χ1n) is 5.36. The Hall–Kier alpha value is -1.57. The Kier molecular flexibility index (Phi) is 4.29. The predicted molar refractivity (Wildman–Crippen MR) is 65.2 cm³/mol. The van der Waals surface area contributed by atoms with Crippen molar-refractivity contribution in [2.24, 2.45) is 5.92 Å². The summed E-state index contributed by atoms with van der Waals surface area (Å²) in [5, 5.41) is 0. The van der Waals surface area contributed by atoms with Crippen molar-refractivity contribution in [1.29, 1.82) is 0 Å². The Morgan fingerprint density at radius 2 is 1.88 bits per heavy atom. The van der Waals surface area contributed by atoms with Crippen LogP contribution in [0.2, 0.25) is 0 Å². The predicted octanol–water partition coefficient (Wildman–Crippen LogP) is 3.16. The zero-order chi connectivity index (χ0) is 12.1. The number of hydrogen-bond acceptors (Lipinski definition) is 2. The molecule has 0 heterocycles. The second kappa shape index (κ2) is 5.50. The van der Waals surface area contributed by atoms with Gasteiger partial charge in [0.05, 0.1) is 13.0 Å². The van der Waals surface area contributed by atoms with Crippen LogP contribution in [-0.2, 0) is 9.53 Å². The fourth-order valence-corrected chi connectivity index (χ4v) is 1.98. The molecule has 0 unspecified atom stereocenters. The summed E-state index contributed by atoms with van der Waals surface area (Å²) < 4.78 is 4.78. The number of ether oxygens (including phenoxy) is 1. The van der Waals surface area contributed by atoms with Gasteiger partial charge in [0.25, 0.3) is 0 Å². The van der Waals surface area contributed by atoms with Crippen LogP contribution in [0.4, 0.5) is 0 Å². The number of carbonyl (C=O) groups excluding carboxylic acids is 1. The standard InChI is InChI=1S/C14H18O2/c1-10(2)13(11(3)14(15)16-4)12-8-6-5-7-9-12/h5-9,11,13H,1H2,2-4H3/t11-,13-/m0/s1. The number of carbonyl (C=O) groups is 1. The maximum absolute atomic E-state index is 11.6. The lowest BCUT2D eigenvalue weighted by Gasteiger charge is -2.22. The second-order valence-electron chi connectivity index (χ2n) is 4.05. The van der Waals surface area contributed by atoms with Gasteiger partial charge in [-0.05, 0) is 12.5 Å². The van der Waals surface area contributed by atoms with Gasteiger partial charge in [0, 0.05) is 5.92 Å². The largest absolute Gasteiger partial charge is 0.469 e. The number of methoxy groups -OCH3 is 1. The van der Waals surface area contributed by atoms with E-state index in [1.54, 1.807) is 0 Å². The Morgan fingerprint density at radius 3 is 2.31 bits per heavy atom. The molecule has 0 amide bonds. The second-order valence-corrected chi connectivity index (χ2v) is 4.05. The molecule has 1 rings (SSSR count). The van der Waals surface area contributed by atoms with Crippen LogP contribution in [0.3, 0.4) is 0 Å². The smallest absolute Gasteiger partial charge is 0.309 e. The Labute approximate surface area is 96.9 Å². The zero-order valence-corrected chi connectivity index (χ0v) is 10.1. The molecule has 0 aliphatic carbocycles. The van der Waals surface area contributed by atoms with Gasteiger partial charge in [-0.1, -0.05) is 49.4 Å². The summed E-state index contributed by atoms with van der Waals surface area (Å²) >= 11 is 0. The first kappa shape index (κ1) is 12.5. The Balaban J connectivity index is 3.01. The average molecular weight is 218 g/mol. The van der Waals surface area contributed by atoms with E-state index in [2.05, 4.69) is 6.58 Å². The minimum atomic E-state index is -0.204. The van der Waals surface area contributed by atoms with Crippen LogP contribution >= 0.6 is 0 Å². The van der Waals surface area contributed by atoms with E-state index < -0.39 is 0 Å². The third-order valence-electron chi connectivity index (χ3n) is 2.76. The van der Waals surface area contributed by atoms with Gasteiger partial charge in [0.2, 0.25) is 0 Å². The molecule has 0 bridgehead atoms. The molecule has 86 valence electrons. The van der Waals surface area contributed by atoms with Gasteiger partial charge < -0.3 is 4.74 Å². The number of esters is 1. The molecule has 0 N–H and O–H groups in total.